The van der Waals surface area contributed by atoms with Crippen molar-refractivity contribution in [1.29, 1.82) is 0 Å². The molecule has 0 aliphatic heterocycles. The van der Waals surface area contributed by atoms with E-state index in [1.807, 2.05) is 66.7 Å². The van der Waals surface area contributed by atoms with Crippen molar-refractivity contribution in [3.05, 3.63) is 108 Å². The van der Waals surface area contributed by atoms with Crippen molar-refractivity contribution in [2.24, 2.45) is 0 Å². The quantitative estimate of drug-likeness (QED) is 0.544. The Bertz CT molecular complexity index is 770. The van der Waals surface area contributed by atoms with Crippen LogP contribution in [0.4, 0.5) is 0 Å². The molecule has 120 valence electrons. The summed E-state index contributed by atoms with van der Waals surface area (Å²) in [6.07, 6.45) is -2.05. The number of hydrogen-bond acceptors (Lipinski definition) is 3. The fraction of sp³-hybridized carbons (Fsp3) is 0.0952. The monoisotopic (exact) mass is 318 g/mol. The van der Waals surface area contributed by atoms with E-state index < -0.39 is 12.4 Å². The van der Waals surface area contributed by atoms with Crippen molar-refractivity contribution in [2.45, 2.75) is 12.4 Å². The Labute approximate surface area is 141 Å². The number of aliphatic hydroxyl groups is 1. The number of ether oxygens (including phenoxy) is 1. The van der Waals surface area contributed by atoms with Crippen molar-refractivity contribution in [2.75, 3.05) is 0 Å². The van der Waals surface area contributed by atoms with Crippen molar-refractivity contribution in [3.63, 3.8) is 0 Å². The van der Waals surface area contributed by atoms with Gasteiger partial charge in [0.05, 0.1) is 0 Å². The zero-order valence-electron chi connectivity index (χ0n) is 13.1. The van der Waals surface area contributed by atoms with E-state index in [0.29, 0.717) is 16.7 Å². The molecule has 0 saturated carbocycles. The van der Waals surface area contributed by atoms with Gasteiger partial charge in [-0.15, -0.1) is 0 Å². The summed E-state index contributed by atoms with van der Waals surface area (Å²) < 4.78 is 5.74. The van der Waals surface area contributed by atoms with Gasteiger partial charge < -0.3 is 9.84 Å². The van der Waals surface area contributed by atoms with Gasteiger partial charge in [-0.05, 0) is 5.56 Å². The summed E-state index contributed by atoms with van der Waals surface area (Å²) >= 11 is 0. The minimum Gasteiger partial charge on any atom is -0.364 e. The van der Waals surface area contributed by atoms with Crippen LogP contribution < -0.4 is 0 Å². The summed E-state index contributed by atoms with van der Waals surface area (Å²) in [6.45, 7) is 0. The van der Waals surface area contributed by atoms with Crippen LogP contribution in [0.25, 0.3) is 0 Å². The summed E-state index contributed by atoms with van der Waals surface area (Å²) in [7, 11) is 0. The third-order valence-corrected chi connectivity index (χ3v) is 3.75. The van der Waals surface area contributed by atoms with Crippen LogP contribution in [-0.4, -0.2) is 10.9 Å². The topological polar surface area (TPSA) is 46.5 Å². The first-order valence-corrected chi connectivity index (χ1v) is 7.78. The highest BCUT2D eigenvalue weighted by atomic mass is 16.6. The smallest absolute Gasteiger partial charge is 0.196 e. The Kier molecular flexibility index (Phi) is 5.16. The molecule has 0 fully saturated rings. The number of carbonyl (C=O) groups is 1. The largest absolute Gasteiger partial charge is 0.364 e. The van der Waals surface area contributed by atoms with E-state index in [1.165, 1.54) is 0 Å². The van der Waals surface area contributed by atoms with Gasteiger partial charge in [0.25, 0.3) is 0 Å². The minimum absolute atomic E-state index is 0.184. The van der Waals surface area contributed by atoms with Gasteiger partial charge in [0.15, 0.2) is 12.1 Å². The van der Waals surface area contributed by atoms with Gasteiger partial charge in [0.1, 0.15) is 6.10 Å². The third-order valence-electron chi connectivity index (χ3n) is 3.75. The zero-order chi connectivity index (χ0) is 16.8. The van der Waals surface area contributed by atoms with Gasteiger partial charge in [-0.1, -0.05) is 91.0 Å². The first kappa shape index (κ1) is 16.1. The summed E-state index contributed by atoms with van der Waals surface area (Å²) in [6, 6.07) is 27.2. The molecule has 0 aromatic heterocycles. The number of benzene rings is 3. The number of aliphatic hydroxyl groups excluding tert-OH is 1. The van der Waals surface area contributed by atoms with Gasteiger partial charge in [0.2, 0.25) is 0 Å². The Morgan fingerprint density at radius 2 is 1.17 bits per heavy atom. The second kappa shape index (κ2) is 7.68. The molecule has 0 aliphatic rings. The van der Waals surface area contributed by atoms with Crippen molar-refractivity contribution >= 4 is 5.78 Å². The van der Waals surface area contributed by atoms with E-state index >= 15 is 0 Å². The maximum Gasteiger partial charge on any atom is 0.196 e. The van der Waals surface area contributed by atoms with E-state index in [0.717, 1.165) is 0 Å². The Morgan fingerprint density at radius 1 is 0.708 bits per heavy atom. The molecule has 3 nitrogen and oxygen atoms in total. The lowest BCUT2D eigenvalue weighted by Gasteiger charge is -2.21. The normalized spacial score (nSPS) is 13.2. The van der Waals surface area contributed by atoms with E-state index in [9.17, 15) is 9.90 Å². The van der Waals surface area contributed by atoms with Gasteiger partial charge in [-0.25, -0.2) is 0 Å². The Balaban J connectivity index is 1.90. The molecular formula is C21H18O3. The highest BCUT2D eigenvalue weighted by molar-refractivity contribution is 6.00. The van der Waals surface area contributed by atoms with Crippen molar-refractivity contribution in [1.82, 2.24) is 0 Å². The first-order valence-electron chi connectivity index (χ1n) is 7.78. The molecule has 1 N–H and O–H groups in total. The highest BCUT2D eigenvalue weighted by Gasteiger charge is 2.26. The molecule has 3 aromatic carbocycles. The van der Waals surface area contributed by atoms with Crippen LogP contribution in [0, 0.1) is 0 Å². The predicted octanol–water partition coefficient (Wildman–Crippen LogP) is 4.32. The molecule has 0 heterocycles. The highest BCUT2D eigenvalue weighted by Crippen LogP contribution is 2.28. The molecule has 0 aliphatic carbocycles. The maximum absolute atomic E-state index is 12.9. The summed E-state index contributed by atoms with van der Waals surface area (Å²) in [5, 5.41) is 10.4. The molecular weight excluding hydrogens is 300 g/mol. The summed E-state index contributed by atoms with van der Waals surface area (Å²) in [5.74, 6) is -0.184. The van der Waals surface area contributed by atoms with Crippen LogP contribution in [-0.2, 0) is 4.74 Å². The summed E-state index contributed by atoms with van der Waals surface area (Å²) in [4.78, 5) is 12.9. The van der Waals surface area contributed by atoms with E-state index in [2.05, 4.69) is 0 Å². The number of carbonyl (C=O) groups excluding carboxylic acids is 1. The Hall–Kier alpha value is -2.75. The zero-order valence-corrected chi connectivity index (χ0v) is 13.1. The van der Waals surface area contributed by atoms with Crippen LogP contribution in [0.2, 0.25) is 0 Å². The molecule has 3 aromatic rings. The van der Waals surface area contributed by atoms with Gasteiger partial charge in [-0.3, -0.25) is 4.79 Å². The van der Waals surface area contributed by atoms with Crippen LogP contribution >= 0.6 is 0 Å². The Morgan fingerprint density at radius 3 is 1.71 bits per heavy atom. The molecule has 0 radical (unpaired) electrons. The SMILES string of the molecule is O=C(c1ccccc1)C(OC(O)c1ccccc1)c1ccccc1. The molecule has 2 atom stereocenters. The minimum atomic E-state index is -1.18. The lowest BCUT2D eigenvalue weighted by molar-refractivity contribution is -0.128. The maximum atomic E-state index is 12.9. The number of rotatable bonds is 6. The number of hydrogen-bond donors (Lipinski definition) is 1. The molecule has 0 amide bonds. The van der Waals surface area contributed by atoms with Crippen molar-refractivity contribution < 1.29 is 14.6 Å². The standard InChI is InChI=1S/C21H18O3/c22-19(16-10-4-1-5-11-16)20(17-12-6-2-7-13-17)24-21(23)18-14-8-3-9-15-18/h1-15,20-21,23H. The molecule has 24 heavy (non-hydrogen) atoms. The molecule has 3 rings (SSSR count). The van der Waals surface area contributed by atoms with E-state index in [4.69, 9.17) is 4.74 Å². The molecule has 3 heteroatoms. The number of ketones is 1. The average Bonchev–Trinajstić information content (AvgIpc) is 2.67. The molecule has 2 unspecified atom stereocenters. The van der Waals surface area contributed by atoms with E-state index in [1.54, 1.807) is 24.3 Å². The van der Waals surface area contributed by atoms with Crippen molar-refractivity contribution in [3.8, 4) is 0 Å². The van der Waals surface area contributed by atoms with E-state index in [-0.39, 0.29) is 5.78 Å². The predicted molar refractivity (Wildman–Crippen MR) is 92.4 cm³/mol. The third kappa shape index (κ3) is 3.77. The first-order chi connectivity index (χ1) is 11.8. The molecule has 0 bridgehead atoms. The van der Waals surface area contributed by atoms with Gasteiger partial charge in [-0.2, -0.15) is 0 Å². The number of Topliss-reactive ketones (excluding diaryl/α,β-unsaturated/α-hetero) is 1. The van der Waals surface area contributed by atoms with Crippen LogP contribution in [0.5, 0.6) is 0 Å². The fourth-order valence-electron chi connectivity index (χ4n) is 2.50. The average molecular weight is 318 g/mol. The molecule has 0 saturated heterocycles. The lowest BCUT2D eigenvalue weighted by atomic mass is 9.99. The molecule has 0 spiro atoms. The second-order valence-corrected chi connectivity index (χ2v) is 5.42. The second-order valence-electron chi connectivity index (χ2n) is 5.42. The van der Waals surface area contributed by atoms with Gasteiger partial charge in [0, 0.05) is 11.1 Å². The van der Waals surface area contributed by atoms with Gasteiger partial charge >= 0.3 is 0 Å². The summed E-state index contributed by atoms with van der Waals surface area (Å²) in [5.41, 5.74) is 1.87. The van der Waals surface area contributed by atoms with Crippen LogP contribution in [0.15, 0.2) is 91.0 Å². The lowest BCUT2D eigenvalue weighted by Crippen LogP contribution is -2.19. The fourth-order valence-corrected chi connectivity index (χ4v) is 2.50. The van der Waals surface area contributed by atoms with Crippen LogP contribution in [0.3, 0.4) is 0 Å². The van der Waals surface area contributed by atoms with Crippen LogP contribution in [0.1, 0.15) is 33.9 Å².